The summed E-state index contributed by atoms with van der Waals surface area (Å²) in [5.41, 5.74) is 4.26. The van der Waals surface area contributed by atoms with Crippen molar-refractivity contribution in [1.82, 2.24) is 4.98 Å². The number of hydrogen-bond acceptors (Lipinski definition) is 3. The van der Waals surface area contributed by atoms with Crippen LogP contribution in [0, 0.1) is 13.8 Å². The van der Waals surface area contributed by atoms with Crippen molar-refractivity contribution >= 4 is 11.3 Å². The van der Waals surface area contributed by atoms with Crippen LogP contribution in [0.5, 0.6) is 0 Å². The zero-order valence-corrected chi connectivity index (χ0v) is 9.64. The highest BCUT2D eigenvalue weighted by molar-refractivity contribution is 7.13. The van der Waals surface area contributed by atoms with Gasteiger partial charge in [-0.1, -0.05) is 6.07 Å². The molecule has 0 atom stereocenters. The molecule has 2 rings (SSSR count). The number of aryl methyl sites for hydroxylation is 2. The molecule has 0 spiro atoms. The minimum atomic E-state index is 0.0532. The van der Waals surface area contributed by atoms with Gasteiger partial charge in [0.2, 0.25) is 0 Å². The van der Waals surface area contributed by atoms with Crippen molar-refractivity contribution in [2.45, 2.75) is 20.5 Å². The van der Waals surface area contributed by atoms with Crippen LogP contribution in [0.1, 0.15) is 16.7 Å². The van der Waals surface area contributed by atoms with Crippen LogP contribution in [-0.4, -0.2) is 10.1 Å². The molecule has 0 saturated carbocycles. The first-order chi connectivity index (χ1) is 7.20. The van der Waals surface area contributed by atoms with E-state index < -0.39 is 0 Å². The van der Waals surface area contributed by atoms with Crippen molar-refractivity contribution < 1.29 is 5.11 Å². The quantitative estimate of drug-likeness (QED) is 0.842. The summed E-state index contributed by atoms with van der Waals surface area (Å²) < 4.78 is 0. The maximum Gasteiger partial charge on any atom is 0.0831 e. The molecule has 1 N–H and O–H groups in total. The highest BCUT2D eigenvalue weighted by atomic mass is 32.1. The number of pyridine rings is 1. The summed E-state index contributed by atoms with van der Waals surface area (Å²) in [6.07, 6.45) is 1.73. The Balaban J connectivity index is 2.45. The highest BCUT2D eigenvalue weighted by Gasteiger charge is 2.06. The van der Waals surface area contributed by atoms with E-state index in [0.717, 1.165) is 16.8 Å². The molecule has 0 amide bonds. The van der Waals surface area contributed by atoms with Gasteiger partial charge in [0.05, 0.1) is 17.2 Å². The van der Waals surface area contributed by atoms with Gasteiger partial charge < -0.3 is 5.11 Å². The van der Waals surface area contributed by atoms with Gasteiger partial charge in [0.15, 0.2) is 0 Å². The summed E-state index contributed by atoms with van der Waals surface area (Å²) in [4.78, 5) is 5.57. The first-order valence-electron chi connectivity index (χ1n) is 4.82. The molecule has 78 valence electrons. The van der Waals surface area contributed by atoms with Crippen LogP contribution in [0.4, 0.5) is 0 Å². The van der Waals surface area contributed by atoms with Crippen LogP contribution in [0.2, 0.25) is 0 Å². The van der Waals surface area contributed by atoms with Crippen LogP contribution in [0.15, 0.2) is 23.7 Å². The van der Waals surface area contributed by atoms with Gasteiger partial charge in [0.25, 0.3) is 0 Å². The molecular formula is C12H13NOS. The smallest absolute Gasteiger partial charge is 0.0831 e. The topological polar surface area (TPSA) is 33.1 Å². The van der Waals surface area contributed by atoms with Gasteiger partial charge in [0.1, 0.15) is 0 Å². The molecule has 3 heteroatoms. The van der Waals surface area contributed by atoms with E-state index in [1.807, 2.05) is 13.0 Å². The Morgan fingerprint density at radius 3 is 2.67 bits per heavy atom. The lowest BCUT2D eigenvalue weighted by Crippen LogP contribution is -1.90. The maximum atomic E-state index is 8.99. The third-order valence-electron chi connectivity index (χ3n) is 2.28. The Morgan fingerprint density at radius 2 is 2.13 bits per heavy atom. The molecule has 15 heavy (non-hydrogen) atoms. The summed E-state index contributed by atoms with van der Waals surface area (Å²) >= 11 is 1.71. The summed E-state index contributed by atoms with van der Waals surface area (Å²) in [5, 5.41) is 11.1. The monoisotopic (exact) mass is 219 g/mol. The number of aliphatic hydroxyl groups excluding tert-OH is 1. The zero-order valence-electron chi connectivity index (χ0n) is 8.82. The minimum Gasteiger partial charge on any atom is -0.392 e. The van der Waals surface area contributed by atoms with Gasteiger partial charge in [0, 0.05) is 6.20 Å². The predicted octanol–water partition coefficient (Wildman–Crippen LogP) is 2.92. The average molecular weight is 219 g/mol. The largest absolute Gasteiger partial charge is 0.392 e. The minimum absolute atomic E-state index is 0.0532. The fourth-order valence-electron chi connectivity index (χ4n) is 1.53. The molecule has 2 aromatic rings. The molecule has 0 aliphatic carbocycles. The van der Waals surface area contributed by atoms with E-state index in [1.54, 1.807) is 17.5 Å². The van der Waals surface area contributed by atoms with Crippen molar-refractivity contribution in [2.75, 3.05) is 0 Å². The lowest BCUT2D eigenvalue weighted by molar-refractivity contribution is 0.281. The summed E-state index contributed by atoms with van der Waals surface area (Å²) in [7, 11) is 0. The van der Waals surface area contributed by atoms with Crippen molar-refractivity contribution in [3.8, 4) is 10.6 Å². The molecule has 0 fully saturated rings. The Morgan fingerprint density at radius 1 is 1.33 bits per heavy atom. The third kappa shape index (κ3) is 2.08. The average Bonchev–Trinajstić information content (AvgIpc) is 2.64. The zero-order chi connectivity index (χ0) is 10.8. The number of hydrogen-bond donors (Lipinski definition) is 1. The number of nitrogens with zero attached hydrogens (tertiary/aromatic N) is 1. The SMILES string of the molecule is Cc1csc(-c2ncc(CO)cc2C)c1. The second kappa shape index (κ2) is 4.13. The molecule has 0 saturated heterocycles. The number of thiophene rings is 1. The van der Waals surface area contributed by atoms with Crippen LogP contribution < -0.4 is 0 Å². The first-order valence-corrected chi connectivity index (χ1v) is 5.70. The van der Waals surface area contributed by atoms with Gasteiger partial charge >= 0.3 is 0 Å². The molecular weight excluding hydrogens is 206 g/mol. The van der Waals surface area contributed by atoms with E-state index in [0.29, 0.717) is 0 Å². The Hall–Kier alpha value is -1.19. The van der Waals surface area contributed by atoms with Crippen molar-refractivity contribution in [1.29, 1.82) is 0 Å². The number of aliphatic hydroxyl groups is 1. The molecule has 0 aliphatic rings. The molecule has 0 bridgehead atoms. The normalized spacial score (nSPS) is 10.6. The standard InChI is InChI=1S/C12H13NOS/c1-8-3-11(15-7-8)12-9(2)4-10(6-14)5-13-12/h3-5,7,14H,6H2,1-2H3. The van der Waals surface area contributed by atoms with Crippen molar-refractivity contribution in [3.63, 3.8) is 0 Å². The lowest BCUT2D eigenvalue weighted by Gasteiger charge is -2.03. The number of aromatic nitrogens is 1. The van der Waals surface area contributed by atoms with Gasteiger partial charge in [-0.2, -0.15) is 0 Å². The third-order valence-corrected chi connectivity index (χ3v) is 3.34. The van der Waals surface area contributed by atoms with Gasteiger partial charge in [-0.05, 0) is 42.0 Å². The number of rotatable bonds is 2. The van der Waals surface area contributed by atoms with Crippen molar-refractivity contribution in [3.05, 3.63) is 40.4 Å². The highest BCUT2D eigenvalue weighted by Crippen LogP contribution is 2.27. The van der Waals surface area contributed by atoms with Gasteiger partial charge in [-0.25, -0.2) is 0 Å². The second-order valence-electron chi connectivity index (χ2n) is 3.66. The van der Waals surface area contributed by atoms with E-state index in [9.17, 15) is 0 Å². The Bertz CT molecular complexity index is 476. The lowest BCUT2D eigenvalue weighted by atomic mass is 10.1. The first kappa shape index (κ1) is 10.3. The van der Waals surface area contributed by atoms with Crippen LogP contribution >= 0.6 is 11.3 Å². The van der Waals surface area contributed by atoms with E-state index in [2.05, 4.69) is 23.4 Å². The van der Waals surface area contributed by atoms with E-state index in [4.69, 9.17) is 5.11 Å². The molecule has 0 aliphatic heterocycles. The van der Waals surface area contributed by atoms with Crippen LogP contribution in [0.3, 0.4) is 0 Å². The van der Waals surface area contributed by atoms with E-state index in [1.165, 1.54) is 10.4 Å². The Labute approximate surface area is 93.2 Å². The summed E-state index contributed by atoms with van der Waals surface area (Å²) in [6.45, 7) is 4.16. The molecule has 0 aromatic carbocycles. The van der Waals surface area contributed by atoms with Crippen molar-refractivity contribution in [2.24, 2.45) is 0 Å². The molecule has 0 unspecified atom stereocenters. The van der Waals surface area contributed by atoms with E-state index >= 15 is 0 Å². The molecule has 0 radical (unpaired) electrons. The molecule has 2 nitrogen and oxygen atoms in total. The molecule has 2 heterocycles. The van der Waals surface area contributed by atoms with Gasteiger partial charge in [-0.15, -0.1) is 11.3 Å². The van der Waals surface area contributed by atoms with Crippen LogP contribution in [-0.2, 0) is 6.61 Å². The van der Waals surface area contributed by atoms with E-state index in [-0.39, 0.29) is 6.61 Å². The summed E-state index contributed by atoms with van der Waals surface area (Å²) in [6, 6.07) is 4.12. The second-order valence-corrected chi connectivity index (χ2v) is 4.57. The van der Waals surface area contributed by atoms with Gasteiger partial charge in [-0.3, -0.25) is 4.98 Å². The Kier molecular flexibility index (Phi) is 2.84. The fraction of sp³-hybridized carbons (Fsp3) is 0.250. The maximum absolute atomic E-state index is 8.99. The predicted molar refractivity (Wildman–Crippen MR) is 62.9 cm³/mol. The fourth-order valence-corrected chi connectivity index (χ4v) is 2.49. The van der Waals surface area contributed by atoms with Crippen LogP contribution in [0.25, 0.3) is 10.6 Å². The summed E-state index contributed by atoms with van der Waals surface area (Å²) in [5.74, 6) is 0. The molecule has 2 aromatic heterocycles.